The highest BCUT2D eigenvalue weighted by Crippen LogP contribution is 2.28. The molecule has 3 aromatic rings. The monoisotopic (exact) mass is 606 g/mol. The van der Waals surface area contributed by atoms with E-state index in [-0.39, 0.29) is 5.57 Å². The van der Waals surface area contributed by atoms with Crippen molar-refractivity contribution in [2.75, 3.05) is 5.32 Å². The average molecular weight is 608 g/mol. The molecule has 3 rings (SSSR count). The fourth-order valence-corrected chi connectivity index (χ4v) is 3.76. The van der Waals surface area contributed by atoms with Crippen LogP contribution in [0.3, 0.4) is 0 Å². The van der Waals surface area contributed by atoms with E-state index in [2.05, 4.69) is 43.8 Å². The molecule has 4 nitrogen and oxygen atoms in total. The molecule has 1 amide bonds. The van der Waals surface area contributed by atoms with Crippen LogP contribution in [0.1, 0.15) is 16.7 Å². The summed E-state index contributed by atoms with van der Waals surface area (Å²) in [7, 11) is 0. The Kier molecular flexibility index (Phi) is 8.13. The maximum absolute atomic E-state index is 12.6. The van der Waals surface area contributed by atoms with Gasteiger partial charge in [-0.1, -0.05) is 35.9 Å². The second kappa shape index (κ2) is 10.8. The topological polar surface area (TPSA) is 62.1 Å². The fraction of sp³-hybridized carbons (Fsp3) is 0.0833. The molecule has 0 aliphatic carbocycles. The number of carbonyl (C=O) groups is 1. The van der Waals surface area contributed by atoms with Gasteiger partial charge < -0.3 is 10.1 Å². The molecular formula is C24H17BrClIN2O2. The van der Waals surface area contributed by atoms with E-state index >= 15 is 0 Å². The van der Waals surface area contributed by atoms with Crippen LogP contribution in [0.5, 0.6) is 5.75 Å². The molecule has 0 bridgehead atoms. The number of anilines is 1. The summed E-state index contributed by atoms with van der Waals surface area (Å²) in [6, 6.07) is 20.7. The summed E-state index contributed by atoms with van der Waals surface area (Å²) < 4.78 is 7.77. The Hall–Kier alpha value is -2.34. The van der Waals surface area contributed by atoms with Crippen LogP contribution in [-0.4, -0.2) is 5.91 Å². The van der Waals surface area contributed by atoms with Crippen LogP contribution < -0.4 is 10.1 Å². The number of carbonyl (C=O) groups excluding carboxylic acids is 1. The van der Waals surface area contributed by atoms with Gasteiger partial charge in [-0.25, -0.2) is 0 Å². The summed E-state index contributed by atoms with van der Waals surface area (Å²) in [6.07, 6.45) is 1.53. The summed E-state index contributed by atoms with van der Waals surface area (Å²) in [5.41, 5.74) is 3.06. The molecule has 0 heterocycles. The lowest BCUT2D eigenvalue weighted by Crippen LogP contribution is -2.14. The number of nitrogens with zero attached hydrogens (tertiary/aromatic N) is 1. The Morgan fingerprint density at radius 3 is 2.65 bits per heavy atom. The maximum Gasteiger partial charge on any atom is 0.266 e. The molecule has 0 fully saturated rings. The van der Waals surface area contributed by atoms with Gasteiger partial charge in [0.05, 0.1) is 4.47 Å². The van der Waals surface area contributed by atoms with Crippen molar-refractivity contribution in [3.63, 3.8) is 0 Å². The van der Waals surface area contributed by atoms with Crippen LogP contribution in [0.4, 0.5) is 5.69 Å². The molecule has 0 saturated heterocycles. The van der Waals surface area contributed by atoms with E-state index in [9.17, 15) is 10.1 Å². The minimum Gasteiger partial charge on any atom is -0.488 e. The normalized spacial score (nSPS) is 11.0. The molecule has 0 aromatic heterocycles. The van der Waals surface area contributed by atoms with Gasteiger partial charge in [-0.3, -0.25) is 4.79 Å². The van der Waals surface area contributed by atoms with Gasteiger partial charge in [0, 0.05) is 14.3 Å². The number of benzene rings is 3. The molecule has 7 heteroatoms. The SMILES string of the molecule is Cc1c(Cl)cccc1NC(=O)/C(C#N)=C\c1ccc(OCc2ccc(I)cc2)c(Br)c1. The second-order valence-corrected chi connectivity index (χ2v) is 9.15. The molecule has 0 aliphatic heterocycles. The van der Waals surface area contributed by atoms with Gasteiger partial charge in [0.2, 0.25) is 0 Å². The van der Waals surface area contributed by atoms with Gasteiger partial charge in [0.25, 0.3) is 5.91 Å². The number of ether oxygens (including phenoxy) is 1. The predicted molar refractivity (Wildman–Crippen MR) is 136 cm³/mol. The number of rotatable bonds is 6. The third-order valence-electron chi connectivity index (χ3n) is 4.46. The predicted octanol–water partition coefficient (Wildman–Crippen LogP) is 7.14. The number of amides is 1. The van der Waals surface area contributed by atoms with Crippen molar-refractivity contribution in [2.24, 2.45) is 0 Å². The summed E-state index contributed by atoms with van der Waals surface area (Å²) in [4.78, 5) is 12.6. The fourth-order valence-electron chi connectivity index (χ4n) is 2.71. The van der Waals surface area contributed by atoms with Gasteiger partial charge in [-0.2, -0.15) is 5.26 Å². The summed E-state index contributed by atoms with van der Waals surface area (Å²) in [5.74, 6) is 0.177. The first kappa shape index (κ1) is 23.3. The van der Waals surface area contributed by atoms with E-state index in [1.807, 2.05) is 30.3 Å². The van der Waals surface area contributed by atoms with E-state index in [0.717, 1.165) is 15.6 Å². The number of halogens is 3. The van der Waals surface area contributed by atoms with Crippen LogP contribution in [0, 0.1) is 21.8 Å². The molecular weight excluding hydrogens is 591 g/mol. The first-order valence-electron chi connectivity index (χ1n) is 9.22. The van der Waals surface area contributed by atoms with Crippen molar-refractivity contribution < 1.29 is 9.53 Å². The van der Waals surface area contributed by atoms with Crippen molar-refractivity contribution in [3.8, 4) is 11.8 Å². The van der Waals surface area contributed by atoms with Gasteiger partial charge in [0.15, 0.2) is 0 Å². The zero-order valence-electron chi connectivity index (χ0n) is 16.5. The molecule has 3 aromatic carbocycles. The van der Waals surface area contributed by atoms with Crippen molar-refractivity contribution >= 4 is 67.8 Å². The highest BCUT2D eigenvalue weighted by molar-refractivity contribution is 14.1. The first-order chi connectivity index (χ1) is 14.9. The molecule has 0 saturated carbocycles. The molecule has 1 N–H and O–H groups in total. The Bertz CT molecular complexity index is 1190. The lowest BCUT2D eigenvalue weighted by molar-refractivity contribution is -0.112. The van der Waals surface area contributed by atoms with Crippen LogP contribution in [-0.2, 0) is 11.4 Å². The van der Waals surface area contributed by atoms with E-state index in [1.54, 1.807) is 43.3 Å². The first-order valence-corrected chi connectivity index (χ1v) is 11.5. The molecule has 0 spiro atoms. The molecule has 0 atom stereocenters. The number of hydrogen-bond donors (Lipinski definition) is 1. The van der Waals surface area contributed by atoms with Crippen molar-refractivity contribution in [2.45, 2.75) is 13.5 Å². The highest BCUT2D eigenvalue weighted by atomic mass is 127. The maximum atomic E-state index is 12.6. The van der Waals surface area contributed by atoms with Crippen LogP contribution in [0.25, 0.3) is 6.08 Å². The zero-order chi connectivity index (χ0) is 22.4. The van der Waals surface area contributed by atoms with E-state index in [0.29, 0.717) is 28.6 Å². The molecule has 0 unspecified atom stereocenters. The summed E-state index contributed by atoms with van der Waals surface area (Å²) in [6.45, 7) is 2.25. The largest absolute Gasteiger partial charge is 0.488 e. The number of nitriles is 1. The Morgan fingerprint density at radius 1 is 1.23 bits per heavy atom. The smallest absolute Gasteiger partial charge is 0.266 e. The Balaban J connectivity index is 1.72. The molecule has 156 valence electrons. The Labute approximate surface area is 208 Å². The van der Waals surface area contributed by atoms with Crippen LogP contribution >= 0.6 is 50.1 Å². The Morgan fingerprint density at radius 2 is 1.97 bits per heavy atom. The summed E-state index contributed by atoms with van der Waals surface area (Å²) in [5, 5.41) is 12.8. The van der Waals surface area contributed by atoms with Crippen LogP contribution in [0.15, 0.2) is 70.7 Å². The van der Waals surface area contributed by atoms with Gasteiger partial charge in [0.1, 0.15) is 24.0 Å². The van der Waals surface area contributed by atoms with Gasteiger partial charge in [-0.05, 0) is 105 Å². The lowest BCUT2D eigenvalue weighted by Gasteiger charge is -2.10. The van der Waals surface area contributed by atoms with Gasteiger partial charge in [-0.15, -0.1) is 0 Å². The number of nitrogens with one attached hydrogen (secondary N) is 1. The molecule has 0 aliphatic rings. The zero-order valence-corrected chi connectivity index (χ0v) is 21.0. The highest BCUT2D eigenvalue weighted by Gasteiger charge is 2.12. The molecule has 31 heavy (non-hydrogen) atoms. The minimum absolute atomic E-state index is 0.0150. The summed E-state index contributed by atoms with van der Waals surface area (Å²) >= 11 is 11.9. The van der Waals surface area contributed by atoms with E-state index in [1.165, 1.54) is 9.65 Å². The van der Waals surface area contributed by atoms with Gasteiger partial charge >= 0.3 is 0 Å². The second-order valence-electron chi connectivity index (χ2n) is 6.64. The molecule has 0 radical (unpaired) electrons. The minimum atomic E-state index is -0.497. The van der Waals surface area contributed by atoms with Crippen LogP contribution in [0.2, 0.25) is 5.02 Å². The lowest BCUT2D eigenvalue weighted by atomic mass is 10.1. The van der Waals surface area contributed by atoms with E-state index < -0.39 is 5.91 Å². The standard InChI is InChI=1S/C24H17BrClIN2O2/c1-15-21(26)3-2-4-22(15)29-24(30)18(13-28)11-17-7-10-23(20(25)12-17)31-14-16-5-8-19(27)9-6-16/h2-12H,14H2,1H3,(H,29,30)/b18-11-. The average Bonchev–Trinajstić information content (AvgIpc) is 2.75. The quantitative estimate of drug-likeness (QED) is 0.184. The third-order valence-corrected chi connectivity index (χ3v) is 6.20. The van der Waals surface area contributed by atoms with E-state index in [4.69, 9.17) is 16.3 Å². The van der Waals surface area contributed by atoms with Crippen molar-refractivity contribution in [3.05, 3.63) is 96.0 Å². The third kappa shape index (κ3) is 6.33. The van der Waals surface area contributed by atoms with Crippen molar-refractivity contribution in [1.82, 2.24) is 0 Å². The number of hydrogen-bond acceptors (Lipinski definition) is 3. The van der Waals surface area contributed by atoms with Crippen molar-refractivity contribution in [1.29, 1.82) is 5.26 Å².